The van der Waals surface area contributed by atoms with Crippen LogP contribution in [0.25, 0.3) is 0 Å². The van der Waals surface area contributed by atoms with Crippen LogP contribution in [0.4, 0.5) is 0 Å². The Morgan fingerprint density at radius 3 is 1.47 bits per heavy atom. The maximum Gasteiger partial charge on any atom is 0.0534 e. The van der Waals surface area contributed by atoms with Crippen LogP contribution >= 0.6 is 0 Å². The van der Waals surface area contributed by atoms with Gasteiger partial charge in [0.25, 0.3) is 0 Å². The maximum absolute atomic E-state index is 9.79. The summed E-state index contributed by atoms with van der Waals surface area (Å²) in [5.74, 6) is 0. The standard InChI is InChI=1S/C13H28N4O2/c1-14-3-5-16(11-14)7-13(9-18,10-19)8-17-6-4-15(2)12-17/h18-19H,3-12H2,1-2H3. The first-order chi connectivity index (χ1) is 9.07. The summed E-state index contributed by atoms with van der Waals surface area (Å²) in [7, 11) is 4.21. The van der Waals surface area contributed by atoms with Crippen LogP contribution in [-0.2, 0) is 0 Å². The van der Waals surface area contributed by atoms with E-state index in [4.69, 9.17) is 0 Å². The van der Waals surface area contributed by atoms with Crippen molar-refractivity contribution >= 4 is 0 Å². The highest BCUT2D eigenvalue weighted by molar-refractivity contribution is 4.88. The lowest BCUT2D eigenvalue weighted by molar-refractivity contribution is -0.00143. The van der Waals surface area contributed by atoms with Gasteiger partial charge >= 0.3 is 0 Å². The maximum atomic E-state index is 9.79. The molecule has 0 bridgehead atoms. The van der Waals surface area contributed by atoms with Crippen LogP contribution in [0.2, 0.25) is 0 Å². The van der Waals surface area contributed by atoms with E-state index in [1.807, 2.05) is 0 Å². The van der Waals surface area contributed by atoms with Crippen molar-refractivity contribution in [3.8, 4) is 0 Å². The van der Waals surface area contributed by atoms with Gasteiger partial charge in [-0.15, -0.1) is 0 Å². The van der Waals surface area contributed by atoms with Gasteiger partial charge in [-0.3, -0.25) is 19.6 Å². The molecule has 0 unspecified atom stereocenters. The Hall–Kier alpha value is -0.240. The second kappa shape index (κ2) is 6.47. The van der Waals surface area contributed by atoms with Crippen molar-refractivity contribution in [2.75, 3.05) is 79.9 Å². The Bertz CT molecular complexity index is 262. The van der Waals surface area contributed by atoms with Crippen LogP contribution in [0.1, 0.15) is 0 Å². The summed E-state index contributed by atoms with van der Waals surface area (Å²) in [5, 5.41) is 19.6. The summed E-state index contributed by atoms with van der Waals surface area (Å²) in [4.78, 5) is 9.19. The molecule has 2 rings (SSSR count). The minimum atomic E-state index is -0.406. The molecule has 112 valence electrons. The molecular formula is C13H28N4O2. The molecule has 19 heavy (non-hydrogen) atoms. The Labute approximate surface area is 116 Å². The van der Waals surface area contributed by atoms with Crippen LogP contribution in [0.3, 0.4) is 0 Å². The number of aliphatic hydroxyl groups excluding tert-OH is 2. The molecule has 2 aliphatic rings. The van der Waals surface area contributed by atoms with Crippen LogP contribution in [-0.4, -0.2) is 110 Å². The molecule has 0 saturated carbocycles. The molecule has 0 atom stereocenters. The lowest BCUT2D eigenvalue weighted by Gasteiger charge is -2.37. The van der Waals surface area contributed by atoms with E-state index in [-0.39, 0.29) is 13.2 Å². The van der Waals surface area contributed by atoms with Gasteiger partial charge in [-0.05, 0) is 14.1 Å². The Morgan fingerprint density at radius 1 is 0.789 bits per heavy atom. The molecule has 0 aromatic carbocycles. The van der Waals surface area contributed by atoms with Crippen molar-refractivity contribution < 1.29 is 10.2 Å². The van der Waals surface area contributed by atoms with Crippen LogP contribution in [0, 0.1) is 5.41 Å². The number of hydrogen-bond donors (Lipinski definition) is 2. The number of hydrogen-bond acceptors (Lipinski definition) is 6. The molecule has 2 N–H and O–H groups in total. The fraction of sp³-hybridized carbons (Fsp3) is 1.00. The van der Waals surface area contributed by atoms with E-state index in [2.05, 4.69) is 33.7 Å². The SMILES string of the molecule is CN1CCN(CC(CO)(CO)CN2CCN(C)C2)C1. The second-order valence-electron chi connectivity index (χ2n) is 6.36. The molecule has 2 heterocycles. The predicted molar refractivity (Wildman–Crippen MR) is 74.7 cm³/mol. The van der Waals surface area contributed by atoms with Crippen molar-refractivity contribution in [3.05, 3.63) is 0 Å². The summed E-state index contributed by atoms with van der Waals surface area (Å²) in [6.07, 6.45) is 0. The molecule has 6 heteroatoms. The first-order valence-corrected chi connectivity index (χ1v) is 7.10. The molecule has 0 spiro atoms. The molecule has 0 aliphatic carbocycles. The van der Waals surface area contributed by atoms with E-state index in [1.165, 1.54) is 0 Å². The fourth-order valence-electron chi connectivity index (χ4n) is 3.10. The third kappa shape index (κ3) is 3.87. The zero-order valence-corrected chi connectivity index (χ0v) is 12.3. The van der Waals surface area contributed by atoms with Crippen LogP contribution < -0.4 is 0 Å². The van der Waals surface area contributed by atoms with E-state index in [9.17, 15) is 10.2 Å². The van der Waals surface area contributed by atoms with Gasteiger partial charge in [0.1, 0.15) is 0 Å². The van der Waals surface area contributed by atoms with Crippen molar-refractivity contribution in [1.82, 2.24) is 19.6 Å². The molecule has 0 aromatic rings. The summed E-state index contributed by atoms with van der Waals surface area (Å²) >= 11 is 0. The molecule has 2 fully saturated rings. The van der Waals surface area contributed by atoms with E-state index in [0.717, 1.165) is 52.6 Å². The average Bonchev–Trinajstić information content (AvgIpc) is 2.97. The number of nitrogens with zero attached hydrogens (tertiary/aromatic N) is 4. The largest absolute Gasteiger partial charge is 0.396 e. The minimum Gasteiger partial charge on any atom is -0.396 e. The lowest BCUT2D eigenvalue weighted by Crippen LogP contribution is -2.49. The van der Waals surface area contributed by atoms with Gasteiger partial charge in [0.2, 0.25) is 0 Å². The van der Waals surface area contributed by atoms with Crippen molar-refractivity contribution in [3.63, 3.8) is 0 Å². The zero-order valence-electron chi connectivity index (χ0n) is 12.3. The Morgan fingerprint density at radius 2 is 1.21 bits per heavy atom. The van der Waals surface area contributed by atoms with E-state index in [1.54, 1.807) is 0 Å². The molecule has 0 radical (unpaired) electrons. The highest BCUT2D eigenvalue weighted by Crippen LogP contribution is 2.22. The minimum absolute atomic E-state index is 0.0456. The number of rotatable bonds is 6. The summed E-state index contributed by atoms with van der Waals surface area (Å²) in [6.45, 7) is 7.68. The van der Waals surface area contributed by atoms with Gasteiger partial charge in [0.05, 0.1) is 26.6 Å². The predicted octanol–water partition coefficient (Wildman–Crippen LogP) is -1.63. The smallest absolute Gasteiger partial charge is 0.0534 e. The van der Waals surface area contributed by atoms with Crippen LogP contribution in [0.15, 0.2) is 0 Å². The van der Waals surface area contributed by atoms with Gasteiger partial charge < -0.3 is 10.2 Å². The fourth-order valence-corrected chi connectivity index (χ4v) is 3.10. The number of aliphatic hydroxyl groups is 2. The first kappa shape index (κ1) is 15.2. The van der Waals surface area contributed by atoms with Gasteiger partial charge in [-0.25, -0.2) is 0 Å². The molecule has 2 aliphatic heterocycles. The molecule has 0 amide bonds. The Kier molecular flexibility index (Phi) is 5.16. The lowest BCUT2D eigenvalue weighted by atomic mass is 9.88. The van der Waals surface area contributed by atoms with Gasteiger partial charge in [0, 0.05) is 44.7 Å². The topological polar surface area (TPSA) is 53.4 Å². The van der Waals surface area contributed by atoms with E-state index >= 15 is 0 Å². The first-order valence-electron chi connectivity index (χ1n) is 7.10. The summed E-state index contributed by atoms with van der Waals surface area (Å²) < 4.78 is 0. The Balaban J connectivity index is 1.92. The summed E-state index contributed by atoms with van der Waals surface area (Å²) in [6, 6.07) is 0. The normalized spacial score (nSPS) is 24.6. The third-order valence-electron chi connectivity index (χ3n) is 4.27. The van der Waals surface area contributed by atoms with Crippen molar-refractivity contribution in [2.24, 2.45) is 5.41 Å². The molecule has 2 saturated heterocycles. The molecule has 0 aromatic heterocycles. The van der Waals surface area contributed by atoms with E-state index in [0.29, 0.717) is 0 Å². The third-order valence-corrected chi connectivity index (χ3v) is 4.27. The van der Waals surface area contributed by atoms with Crippen molar-refractivity contribution in [1.29, 1.82) is 0 Å². The average molecular weight is 272 g/mol. The van der Waals surface area contributed by atoms with E-state index < -0.39 is 5.41 Å². The zero-order chi connectivity index (χ0) is 13.9. The van der Waals surface area contributed by atoms with Crippen LogP contribution in [0.5, 0.6) is 0 Å². The van der Waals surface area contributed by atoms with Crippen molar-refractivity contribution in [2.45, 2.75) is 0 Å². The molecule has 6 nitrogen and oxygen atoms in total. The second-order valence-corrected chi connectivity index (χ2v) is 6.36. The highest BCUT2D eigenvalue weighted by atomic mass is 16.3. The summed E-state index contributed by atoms with van der Waals surface area (Å²) in [5.41, 5.74) is -0.406. The monoisotopic (exact) mass is 272 g/mol. The van der Waals surface area contributed by atoms with Gasteiger partial charge in [-0.1, -0.05) is 0 Å². The van der Waals surface area contributed by atoms with Gasteiger partial charge in [-0.2, -0.15) is 0 Å². The quantitative estimate of drug-likeness (QED) is 0.605. The number of likely N-dealkylation sites (N-methyl/N-ethyl adjacent to an activating group) is 2. The molecular weight excluding hydrogens is 244 g/mol. The highest BCUT2D eigenvalue weighted by Gasteiger charge is 2.36. The van der Waals surface area contributed by atoms with Gasteiger partial charge in [0.15, 0.2) is 0 Å².